The maximum absolute atomic E-state index is 6.09. The molecule has 0 aliphatic carbocycles. The lowest BCUT2D eigenvalue weighted by atomic mass is 9.88. The van der Waals surface area contributed by atoms with Crippen molar-refractivity contribution in [3.63, 3.8) is 0 Å². The highest BCUT2D eigenvalue weighted by atomic mass is 35.5. The molecular formula is C68H118Cl2N4S4. The standard InChI is InChI=1S/3C15H21NS.C7H12ClN.C6H6S.C3H8.7CH4.ClH/c3*1-2-12-3-5-14(6-4-12)17-15-11-16-9-7-13(15)8-10-16;8-7-5-9-3-1-6(7)2-4-9;7-6-4-2-1-3-5-6;1-3-2;;;;;;;;/h3*3-6,13,15H,2,7-11H2,1H3;6-7H,1-5H2;1-5,7H;3H2,1-2H3;7*1H4;1H/t3*15-;;;;;;;;;;;/m000.........../s1. The van der Waals surface area contributed by atoms with Crippen molar-refractivity contribution < 1.29 is 17.3 Å². The maximum atomic E-state index is 6.09. The number of halogens is 2. The van der Waals surface area contributed by atoms with Gasteiger partial charge in [-0.2, -0.15) is 0 Å². The summed E-state index contributed by atoms with van der Waals surface area (Å²) in [7, 11) is 0. The van der Waals surface area contributed by atoms with Gasteiger partial charge in [-0.25, -0.2) is 0 Å². The number of hydrogen-bond acceptors (Lipinski definition) is 7. The van der Waals surface area contributed by atoms with Crippen LogP contribution in [0, 0.1) is 23.7 Å². The second-order valence-electron chi connectivity index (χ2n) is 21.2. The predicted molar refractivity (Wildman–Crippen MR) is 359 cm³/mol. The summed E-state index contributed by atoms with van der Waals surface area (Å²) >= 11 is 16.5. The Bertz CT molecular complexity index is 1830. The zero-order valence-corrected chi connectivity index (χ0v) is 49.0. The molecule has 8 bridgehead atoms. The van der Waals surface area contributed by atoms with Crippen molar-refractivity contribution in [2.75, 3.05) is 78.5 Å². The Morgan fingerprint density at radius 3 is 0.885 bits per heavy atom. The van der Waals surface area contributed by atoms with E-state index in [-0.39, 0.29) is 64.4 Å². The van der Waals surface area contributed by atoms with E-state index in [0.29, 0.717) is 5.38 Å². The van der Waals surface area contributed by atoms with Crippen molar-refractivity contribution >= 4 is 59.5 Å². The van der Waals surface area contributed by atoms with Gasteiger partial charge in [-0.15, -0.1) is 59.5 Å². The zero-order valence-electron chi connectivity index (χ0n) is 44.2. The van der Waals surface area contributed by atoms with Gasteiger partial charge in [0, 0.05) is 67.8 Å². The molecule has 12 heterocycles. The number of aryl methyl sites for hydroxylation is 3. The Hall–Kier alpha value is -1.30. The van der Waals surface area contributed by atoms with Gasteiger partial charge < -0.3 is 32.0 Å². The number of piperidine rings is 12. The summed E-state index contributed by atoms with van der Waals surface area (Å²) in [6, 6.07) is 37.3. The summed E-state index contributed by atoms with van der Waals surface area (Å²) in [5.41, 5.74) is 4.34. The van der Waals surface area contributed by atoms with Gasteiger partial charge in [-0.1, -0.05) is 148 Å². The molecule has 12 aliphatic heterocycles. The fourth-order valence-electron chi connectivity index (χ4n) is 11.6. The van der Waals surface area contributed by atoms with E-state index in [1.807, 2.05) is 30.3 Å². The van der Waals surface area contributed by atoms with Crippen LogP contribution in [0.2, 0.25) is 0 Å². The van der Waals surface area contributed by atoms with Gasteiger partial charge in [-0.05, 0) is 186 Å². The number of quaternary nitrogens is 1. The van der Waals surface area contributed by atoms with Gasteiger partial charge in [0.2, 0.25) is 0 Å². The first-order valence-corrected chi connectivity index (χ1v) is 31.4. The van der Waals surface area contributed by atoms with Crippen LogP contribution in [0.3, 0.4) is 0 Å². The molecule has 448 valence electrons. The van der Waals surface area contributed by atoms with Gasteiger partial charge in [0.1, 0.15) is 0 Å². The molecule has 0 radical (unpaired) electrons. The van der Waals surface area contributed by atoms with E-state index >= 15 is 0 Å². The number of nitrogens with zero attached hydrogens (tertiary/aromatic N) is 3. The van der Waals surface area contributed by atoms with E-state index in [0.717, 1.165) is 63.6 Å². The smallest absolute Gasteiger partial charge is 0.0940 e. The third-order valence-electron chi connectivity index (χ3n) is 16.1. The lowest BCUT2D eigenvalue weighted by Gasteiger charge is -2.44. The topological polar surface area (TPSA) is 14.2 Å². The van der Waals surface area contributed by atoms with Crippen LogP contribution in [0.4, 0.5) is 0 Å². The van der Waals surface area contributed by atoms with Crippen molar-refractivity contribution in [3.8, 4) is 0 Å². The number of nitrogens with one attached hydrogen (secondary N) is 1. The number of benzene rings is 4. The molecule has 78 heavy (non-hydrogen) atoms. The molecule has 0 spiro atoms. The Labute approximate surface area is 514 Å². The summed E-state index contributed by atoms with van der Waals surface area (Å²) in [6.07, 6.45) is 16.0. The number of thiol groups is 1. The molecule has 0 amide bonds. The first-order chi connectivity index (χ1) is 34.2. The fourth-order valence-corrected chi connectivity index (χ4v) is 16.4. The Balaban J connectivity index is 0. The third-order valence-corrected chi connectivity index (χ3v) is 21.1. The average Bonchev–Trinajstić information content (AvgIpc) is 3.42. The lowest BCUT2D eigenvalue weighted by Crippen LogP contribution is -3.16. The van der Waals surface area contributed by atoms with Crippen LogP contribution >= 0.6 is 59.5 Å². The van der Waals surface area contributed by atoms with E-state index in [4.69, 9.17) is 11.6 Å². The number of fused-ring (bicyclic) bond motifs is 12. The monoisotopic (exact) mass is 1190 g/mol. The highest BCUT2D eigenvalue weighted by molar-refractivity contribution is 8.00. The Morgan fingerprint density at radius 1 is 0.436 bits per heavy atom. The number of rotatable bonds is 9. The van der Waals surface area contributed by atoms with Crippen LogP contribution in [0.1, 0.15) is 161 Å². The van der Waals surface area contributed by atoms with Crippen LogP contribution < -0.4 is 17.3 Å². The minimum Gasteiger partial charge on any atom is -1.00 e. The van der Waals surface area contributed by atoms with Gasteiger partial charge in [0.15, 0.2) is 0 Å². The molecule has 0 saturated carbocycles. The lowest BCUT2D eigenvalue weighted by molar-refractivity contribution is -0.915. The zero-order chi connectivity index (χ0) is 49.1. The minimum atomic E-state index is 0. The molecule has 4 atom stereocenters. The van der Waals surface area contributed by atoms with E-state index < -0.39 is 0 Å². The highest BCUT2D eigenvalue weighted by Crippen LogP contribution is 2.41. The maximum Gasteiger partial charge on any atom is 0.0940 e. The van der Waals surface area contributed by atoms with Crippen molar-refractivity contribution in [2.45, 2.75) is 204 Å². The van der Waals surface area contributed by atoms with Crippen LogP contribution in [0.5, 0.6) is 0 Å². The molecule has 16 rings (SSSR count). The number of thioether (sulfide) groups is 3. The molecule has 4 nitrogen and oxygen atoms in total. The molecular weight excluding hydrogens is 1070 g/mol. The van der Waals surface area contributed by atoms with Gasteiger partial charge >= 0.3 is 0 Å². The summed E-state index contributed by atoms with van der Waals surface area (Å²) < 4.78 is 0. The van der Waals surface area contributed by atoms with Crippen LogP contribution in [0.25, 0.3) is 0 Å². The van der Waals surface area contributed by atoms with Crippen molar-refractivity contribution in [1.29, 1.82) is 0 Å². The molecule has 12 aliphatic rings. The fraction of sp³-hybridized carbons (Fsp3) is 0.647. The number of hydrogen-bond donors (Lipinski definition) is 2. The Kier molecular flexibility index (Phi) is 42.9. The molecule has 4 aromatic rings. The van der Waals surface area contributed by atoms with E-state index in [2.05, 4.69) is 170 Å². The van der Waals surface area contributed by atoms with Crippen molar-refractivity contribution in [2.24, 2.45) is 23.7 Å². The van der Waals surface area contributed by atoms with E-state index in [9.17, 15) is 0 Å². The van der Waals surface area contributed by atoms with E-state index in [1.165, 1.54) is 168 Å². The van der Waals surface area contributed by atoms with Crippen molar-refractivity contribution in [3.05, 3.63) is 120 Å². The third kappa shape index (κ3) is 25.3. The highest BCUT2D eigenvalue weighted by Gasteiger charge is 2.37. The summed E-state index contributed by atoms with van der Waals surface area (Å²) in [4.78, 5) is 15.0. The van der Waals surface area contributed by atoms with Gasteiger partial charge in [0.05, 0.1) is 25.0 Å². The van der Waals surface area contributed by atoms with E-state index in [1.54, 1.807) is 4.90 Å². The molecule has 1 unspecified atom stereocenters. The molecule has 4 aromatic carbocycles. The second-order valence-corrected chi connectivity index (χ2v) is 26.2. The minimum absolute atomic E-state index is 0. The molecule has 12 saturated heterocycles. The molecule has 12 fully saturated rings. The molecule has 10 heteroatoms. The molecule has 0 aromatic heterocycles. The largest absolute Gasteiger partial charge is 1.00 e. The average molecular weight is 1190 g/mol. The predicted octanol–water partition coefficient (Wildman–Crippen LogP) is 15.1. The van der Waals surface area contributed by atoms with Crippen LogP contribution in [-0.4, -0.2) is 114 Å². The quantitative estimate of drug-likeness (QED) is 0.127. The van der Waals surface area contributed by atoms with Crippen LogP contribution in [-0.2, 0) is 19.3 Å². The summed E-state index contributed by atoms with van der Waals surface area (Å²) in [5, 5.41) is 3.02. The van der Waals surface area contributed by atoms with Gasteiger partial charge in [0.25, 0.3) is 0 Å². The summed E-state index contributed by atoms with van der Waals surface area (Å²) in [5.74, 6) is 3.77. The first-order valence-electron chi connectivity index (χ1n) is 27.9. The number of alkyl halides is 1. The van der Waals surface area contributed by atoms with Gasteiger partial charge in [-0.3, -0.25) is 0 Å². The van der Waals surface area contributed by atoms with Crippen molar-refractivity contribution in [1.82, 2.24) is 14.7 Å². The first kappa shape index (κ1) is 78.8. The SMILES string of the molecule is C.C.C.C.C.C.C.CCC.CCc1ccc(S[C@H]2CN3CCC2CC3)cc1.CCc1ccc(S[C@H]2CN3CCC2CC3)cc1.CCc1ccc(S[C@H]2CN3CCC2CC3)cc1.ClC1C[NH+]2CCC1CC2.Sc1ccccc1.[Cl-]. The molecule has 1 N–H and O–H groups in total. The Morgan fingerprint density at radius 2 is 0.718 bits per heavy atom. The summed E-state index contributed by atoms with van der Waals surface area (Å²) in [6.45, 7) is 26.9. The normalized spacial score (nSPS) is 27.5. The van der Waals surface area contributed by atoms with Crippen LogP contribution in [0.15, 0.2) is 123 Å². The second kappa shape index (κ2) is 42.5.